The first-order valence-electron chi connectivity index (χ1n) is 16.0. The van der Waals surface area contributed by atoms with E-state index in [9.17, 15) is 5.11 Å². The molecule has 0 aromatic heterocycles. The summed E-state index contributed by atoms with van der Waals surface area (Å²) in [5.41, 5.74) is 1.23. The summed E-state index contributed by atoms with van der Waals surface area (Å²) in [7, 11) is 0. The smallest absolute Gasteiger partial charge is 0.0842 e. The Bertz CT molecular complexity index is 742. The maximum atomic E-state index is 10.8. The summed E-state index contributed by atoms with van der Waals surface area (Å²) in [6.45, 7) is 3.77. The van der Waals surface area contributed by atoms with E-state index >= 15 is 0 Å². The van der Waals surface area contributed by atoms with E-state index in [0.717, 1.165) is 70.8 Å². The first-order chi connectivity index (χ1) is 18.7. The minimum Gasteiger partial charge on any atom is -0.390 e. The van der Waals surface area contributed by atoms with Crippen molar-refractivity contribution >= 4 is 0 Å². The molecule has 5 nitrogen and oxygen atoms in total. The SMILES string of the molecule is CCCCCC[C@H]1CCC[C@@H]([C@@H]2CC[C@H]([C@H]3CC[C@H]([C@H](O)CCCCCCOCc4ccccc4)O3)O2)O1. The zero-order chi connectivity index (χ0) is 26.4. The van der Waals surface area contributed by atoms with Gasteiger partial charge in [-0.1, -0.05) is 82.2 Å². The van der Waals surface area contributed by atoms with Gasteiger partial charge in [-0.2, -0.15) is 0 Å². The first-order valence-corrected chi connectivity index (χ1v) is 16.0. The van der Waals surface area contributed by atoms with Gasteiger partial charge in [0.2, 0.25) is 0 Å². The van der Waals surface area contributed by atoms with Gasteiger partial charge in [0.05, 0.1) is 49.3 Å². The quantitative estimate of drug-likeness (QED) is 0.211. The fraction of sp³-hybridized carbons (Fsp3) is 0.818. The molecule has 5 heteroatoms. The summed E-state index contributed by atoms with van der Waals surface area (Å²) in [5.74, 6) is 0. The molecule has 3 aliphatic rings. The van der Waals surface area contributed by atoms with Crippen LogP contribution in [0.5, 0.6) is 0 Å². The van der Waals surface area contributed by atoms with Gasteiger partial charge in [0, 0.05) is 6.61 Å². The zero-order valence-corrected chi connectivity index (χ0v) is 23.9. The lowest BCUT2D eigenvalue weighted by atomic mass is 9.96. The number of benzene rings is 1. The normalized spacial score (nSPS) is 30.6. The highest BCUT2D eigenvalue weighted by Crippen LogP contribution is 2.37. The van der Waals surface area contributed by atoms with E-state index in [1.165, 1.54) is 50.5 Å². The summed E-state index contributed by atoms with van der Waals surface area (Å²) in [5, 5.41) is 10.8. The third-order valence-corrected chi connectivity index (χ3v) is 8.84. The molecular formula is C33H54O5. The summed E-state index contributed by atoms with van der Waals surface area (Å²) in [6.07, 6.45) is 20.2. The fourth-order valence-corrected chi connectivity index (χ4v) is 6.56. The van der Waals surface area contributed by atoms with Gasteiger partial charge in [-0.15, -0.1) is 0 Å². The summed E-state index contributed by atoms with van der Waals surface area (Å²) < 4.78 is 25.2. The molecule has 0 unspecified atom stereocenters. The van der Waals surface area contributed by atoms with Crippen molar-refractivity contribution in [1.29, 1.82) is 0 Å². The molecule has 0 bridgehead atoms. The average Bonchev–Trinajstić information content (AvgIpc) is 3.64. The lowest BCUT2D eigenvalue weighted by Gasteiger charge is -2.34. The molecule has 216 valence electrons. The molecule has 3 heterocycles. The van der Waals surface area contributed by atoms with Gasteiger partial charge < -0.3 is 24.1 Å². The molecule has 1 aromatic rings. The van der Waals surface area contributed by atoms with Crippen LogP contribution in [0, 0.1) is 0 Å². The van der Waals surface area contributed by atoms with Crippen molar-refractivity contribution in [2.24, 2.45) is 0 Å². The van der Waals surface area contributed by atoms with Crippen LogP contribution in [-0.4, -0.2) is 54.4 Å². The molecule has 3 saturated heterocycles. The molecule has 3 aliphatic heterocycles. The van der Waals surface area contributed by atoms with Crippen LogP contribution in [0.1, 0.15) is 122 Å². The second-order valence-electron chi connectivity index (χ2n) is 12.0. The molecule has 0 saturated carbocycles. The van der Waals surface area contributed by atoms with Crippen molar-refractivity contribution in [2.45, 2.75) is 165 Å². The van der Waals surface area contributed by atoms with Crippen LogP contribution >= 0.6 is 0 Å². The predicted octanol–water partition coefficient (Wildman–Crippen LogP) is 7.52. The Morgan fingerprint density at radius 2 is 1.47 bits per heavy atom. The number of rotatable bonds is 17. The van der Waals surface area contributed by atoms with Crippen LogP contribution in [0.25, 0.3) is 0 Å². The van der Waals surface area contributed by atoms with Gasteiger partial charge in [0.1, 0.15) is 0 Å². The minimum absolute atomic E-state index is 0.0321. The van der Waals surface area contributed by atoms with E-state index in [2.05, 4.69) is 31.2 Å². The largest absolute Gasteiger partial charge is 0.390 e. The Balaban J connectivity index is 1.04. The maximum Gasteiger partial charge on any atom is 0.0842 e. The van der Waals surface area contributed by atoms with Crippen LogP contribution in [0.2, 0.25) is 0 Å². The van der Waals surface area contributed by atoms with Gasteiger partial charge in [-0.25, -0.2) is 0 Å². The first kappa shape index (κ1) is 30.0. The molecular weight excluding hydrogens is 476 g/mol. The monoisotopic (exact) mass is 530 g/mol. The zero-order valence-electron chi connectivity index (χ0n) is 23.9. The highest BCUT2D eigenvalue weighted by atomic mass is 16.6. The molecule has 0 aliphatic carbocycles. The Labute approximate surface area is 232 Å². The third-order valence-electron chi connectivity index (χ3n) is 8.84. The van der Waals surface area contributed by atoms with E-state index in [1.54, 1.807) is 0 Å². The Morgan fingerprint density at radius 3 is 2.29 bits per heavy atom. The third kappa shape index (κ3) is 9.89. The second kappa shape index (κ2) is 17.0. The Hall–Kier alpha value is -0.980. The number of hydrogen-bond acceptors (Lipinski definition) is 5. The molecule has 7 atom stereocenters. The number of unbranched alkanes of at least 4 members (excludes halogenated alkanes) is 6. The Kier molecular flexibility index (Phi) is 13.4. The van der Waals surface area contributed by atoms with Gasteiger partial charge in [-0.05, 0) is 69.8 Å². The van der Waals surface area contributed by atoms with E-state index in [-0.39, 0.29) is 36.6 Å². The predicted molar refractivity (Wildman–Crippen MR) is 152 cm³/mol. The number of ether oxygens (including phenoxy) is 4. The average molecular weight is 531 g/mol. The topological polar surface area (TPSA) is 57.2 Å². The van der Waals surface area contributed by atoms with Crippen molar-refractivity contribution < 1.29 is 24.1 Å². The van der Waals surface area contributed by atoms with Gasteiger partial charge in [0.25, 0.3) is 0 Å². The summed E-state index contributed by atoms with van der Waals surface area (Å²) in [4.78, 5) is 0. The van der Waals surface area contributed by atoms with Gasteiger partial charge in [-0.3, -0.25) is 0 Å². The molecule has 0 spiro atoms. The molecule has 4 rings (SSSR count). The molecule has 0 amide bonds. The van der Waals surface area contributed by atoms with E-state index in [1.807, 2.05) is 6.07 Å². The second-order valence-corrected chi connectivity index (χ2v) is 12.0. The van der Waals surface area contributed by atoms with Crippen molar-refractivity contribution in [1.82, 2.24) is 0 Å². The van der Waals surface area contributed by atoms with Crippen molar-refractivity contribution in [2.75, 3.05) is 6.61 Å². The number of aliphatic hydroxyl groups is 1. The number of aliphatic hydroxyl groups excluding tert-OH is 1. The van der Waals surface area contributed by atoms with Crippen LogP contribution in [0.15, 0.2) is 30.3 Å². The number of hydrogen-bond donors (Lipinski definition) is 1. The van der Waals surface area contributed by atoms with Gasteiger partial charge in [0.15, 0.2) is 0 Å². The van der Waals surface area contributed by atoms with Gasteiger partial charge >= 0.3 is 0 Å². The molecule has 1 aromatic carbocycles. The molecule has 3 fully saturated rings. The molecule has 38 heavy (non-hydrogen) atoms. The van der Waals surface area contributed by atoms with E-state index < -0.39 is 0 Å². The fourth-order valence-electron chi connectivity index (χ4n) is 6.56. The highest BCUT2D eigenvalue weighted by molar-refractivity contribution is 5.13. The van der Waals surface area contributed by atoms with E-state index in [4.69, 9.17) is 18.9 Å². The highest BCUT2D eigenvalue weighted by Gasteiger charge is 2.42. The van der Waals surface area contributed by atoms with Crippen molar-refractivity contribution in [3.63, 3.8) is 0 Å². The van der Waals surface area contributed by atoms with Crippen LogP contribution < -0.4 is 0 Å². The van der Waals surface area contributed by atoms with Crippen LogP contribution in [0.4, 0.5) is 0 Å². The van der Waals surface area contributed by atoms with Crippen LogP contribution in [0.3, 0.4) is 0 Å². The molecule has 1 N–H and O–H groups in total. The van der Waals surface area contributed by atoms with Crippen molar-refractivity contribution in [3.8, 4) is 0 Å². The standard InChI is InChI=1S/C33H54O5/c1-2-3-4-10-16-27-17-13-19-30(36-27)31-22-23-33(38-31)32-21-20-29(37-32)28(34)18-11-5-6-12-24-35-25-26-14-8-7-9-15-26/h7-9,14-15,27-34H,2-6,10-13,16-25H2,1H3/t27-,28+,29+,30-,31-,32+,33+/m0/s1. The maximum absolute atomic E-state index is 10.8. The lowest BCUT2D eigenvalue weighted by molar-refractivity contribution is -0.145. The van der Waals surface area contributed by atoms with E-state index in [0.29, 0.717) is 12.7 Å². The molecule has 0 radical (unpaired) electrons. The Morgan fingerprint density at radius 1 is 0.763 bits per heavy atom. The summed E-state index contributed by atoms with van der Waals surface area (Å²) in [6, 6.07) is 10.3. The van der Waals surface area contributed by atoms with Crippen LogP contribution in [-0.2, 0) is 25.6 Å². The minimum atomic E-state index is -0.360. The lowest BCUT2D eigenvalue weighted by Crippen LogP contribution is -2.38. The van der Waals surface area contributed by atoms with Crippen molar-refractivity contribution in [3.05, 3.63) is 35.9 Å². The summed E-state index contributed by atoms with van der Waals surface area (Å²) >= 11 is 0.